The van der Waals surface area contributed by atoms with Gasteiger partial charge in [0.1, 0.15) is 11.8 Å². The maximum absolute atomic E-state index is 14.6. The van der Waals surface area contributed by atoms with E-state index in [0.29, 0.717) is 24.7 Å². The van der Waals surface area contributed by atoms with E-state index in [0.717, 1.165) is 71.7 Å². The Kier molecular flexibility index (Phi) is 9.37. The van der Waals surface area contributed by atoms with Crippen LogP contribution in [0.3, 0.4) is 0 Å². The van der Waals surface area contributed by atoms with Crippen LogP contribution in [0, 0.1) is 0 Å². The number of carbonyl (C=O) groups is 1. The van der Waals surface area contributed by atoms with Crippen molar-refractivity contribution in [1.29, 1.82) is 0 Å². The Hall–Kier alpha value is -3.47. The maximum Gasteiger partial charge on any atom is 0.243 e. The van der Waals surface area contributed by atoms with Crippen LogP contribution in [0.2, 0.25) is 5.02 Å². The molecule has 3 saturated heterocycles. The first kappa shape index (κ1) is 33.7. The predicted molar refractivity (Wildman–Crippen MR) is 198 cm³/mol. The zero-order valence-corrected chi connectivity index (χ0v) is 29.9. The Morgan fingerprint density at radius 1 is 0.800 bits per heavy atom. The van der Waals surface area contributed by atoms with Crippen molar-refractivity contribution in [1.82, 2.24) is 14.1 Å². The molecule has 1 saturated carbocycles. The van der Waals surface area contributed by atoms with Gasteiger partial charge in [-0.15, -0.1) is 0 Å². The highest BCUT2D eigenvalue weighted by molar-refractivity contribution is 7.89. The van der Waals surface area contributed by atoms with Crippen molar-refractivity contribution in [3.05, 3.63) is 95.5 Å². The summed E-state index contributed by atoms with van der Waals surface area (Å²) >= 11 is 6.08. The molecule has 4 aromatic carbocycles. The van der Waals surface area contributed by atoms with E-state index in [1.165, 1.54) is 17.1 Å². The largest absolute Gasteiger partial charge is 0.490 e. The summed E-state index contributed by atoms with van der Waals surface area (Å²) in [6.07, 6.45) is 8.17. The molecule has 2 N–H and O–H groups in total. The van der Waals surface area contributed by atoms with Gasteiger partial charge in [0.05, 0.1) is 11.0 Å². The summed E-state index contributed by atoms with van der Waals surface area (Å²) in [6.45, 7) is 1.71. The van der Waals surface area contributed by atoms with Crippen LogP contribution in [0.15, 0.2) is 89.8 Å². The molecule has 4 fully saturated rings. The van der Waals surface area contributed by atoms with Crippen LogP contribution < -0.4 is 10.5 Å². The molecular weight excluding hydrogens is 668 g/mol. The SMILES string of the molecule is NC1CC2CCC(C1)N2C(=O)C1CN(Cc2ccc(-c3ccc(Cl)cc3)cc2)CCN1S(=O)(=O)c1ccc2cc(OC3CCCC3)ccc2c1. The van der Waals surface area contributed by atoms with Crippen molar-refractivity contribution in [3.63, 3.8) is 0 Å². The lowest BCUT2D eigenvalue weighted by atomic mass is 9.97. The van der Waals surface area contributed by atoms with Gasteiger partial charge in [0.2, 0.25) is 15.9 Å². The molecule has 4 aromatic rings. The standard InChI is InChI=1S/C40H45ClN4O4S/c41-32-13-9-29(10-14-32)28-7-5-27(6-8-28)25-43-19-20-44(39(26-43)40(46)45-34-15-16-35(45)24-33(42)23-34)50(47,48)38-18-12-30-21-37(17-11-31(30)22-38)49-36-3-1-2-4-36/h5-14,17-18,21-22,33-36,39H,1-4,15-16,19-20,23-26,42H2. The number of halogens is 1. The summed E-state index contributed by atoms with van der Waals surface area (Å²) in [5, 5.41) is 2.46. The van der Waals surface area contributed by atoms with E-state index in [1.807, 2.05) is 53.4 Å². The highest BCUT2D eigenvalue weighted by Crippen LogP contribution is 2.37. The minimum Gasteiger partial charge on any atom is -0.490 e. The normalized spacial score (nSPS) is 25.0. The molecule has 8 nitrogen and oxygen atoms in total. The van der Waals surface area contributed by atoms with E-state index in [1.54, 1.807) is 12.1 Å². The number of rotatable bonds is 8. The first-order valence-corrected chi connectivity index (χ1v) is 19.9. The average molecular weight is 713 g/mol. The average Bonchev–Trinajstić information content (AvgIpc) is 3.73. The number of nitrogens with two attached hydrogens (primary N) is 1. The summed E-state index contributed by atoms with van der Waals surface area (Å²) in [5.74, 6) is 0.725. The van der Waals surface area contributed by atoms with Gasteiger partial charge in [-0.2, -0.15) is 4.31 Å². The van der Waals surface area contributed by atoms with E-state index < -0.39 is 16.1 Å². The molecule has 0 spiro atoms. The number of sulfonamides is 1. The van der Waals surface area contributed by atoms with Crippen molar-refractivity contribution >= 4 is 38.3 Å². The number of benzene rings is 4. The fourth-order valence-corrected chi connectivity index (χ4v) is 10.4. The van der Waals surface area contributed by atoms with Gasteiger partial charge < -0.3 is 15.4 Å². The molecule has 10 heteroatoms. The smallest absolute Gasteiger partial charge is 0.243 e. The number of fused-ring (bicyclic) bond motifs is 3. The minimum absolute atomic E-state index is 0.0675. The van der Waals surface area contributed by atoms with Gasteiger partial charge in [-0.1, -0.05) is 60.1 Å². The molecule has 4 aliphatic rings. The van der Waals surface area contributed by atoms with E-state index in [4.69, 9.17) is 22.1 Å². The van der Waals surface area contributed by atoms with Gasteiger partial charge in [-0.3, -0.25) is 9.69 Å². The van der Waals surface area contributed by atoms with Gasteiger partial charge >= 0.3 is 0 Å². The summed E-state index contributed by atoms with van der Waals surface area (Å²) in [4.78, 5) is 19.0. The van der Waals surface area contributed by atoms with Gasteiger partial charge in [0, 0.05) is 49.3 Å². The summed E-state index contributed by atoms with van der Waals surface area (Å²) < 4.78 is 36.7. The van der Waals surface area contributed by atoms with Crippen LogP contribution in [0.5, 0.6) is 5.75 Å². The molecule has 1 amide bonds. The van der Waals surface area contributed by atoms with Crippen LogP contribution in [0.4, 0.5) is 0 Å². The summed E-state index contributed by atoms with van der Waals surface area (Å²) in [6, 6.07) is 26.7. The molecule has 0 aromatic heterocycles. The number of piperazine rings is 1. The lowest BCUT2D eigenvalue weighted by molar-refractivity contribution is -0.142. The minimum atomic E-state index is -3.98. The molecule has 3 aliphatic heterocycles. The van der Waals surface area contributed by atoms with Gasteiger partial charge in [-0.25, -0.2) is 8.42 Å². The third-order valence-electron chi connectivity index (χ3n) is 11.3. The molecule has 3 atom stereocenters. The number of hydrogen-bond acceptors (Lipinski definition) is 6. The third-order valence-corrected chi connectivity index (χ3v) is 13.4. The predicted octanol–water partition coefficient (Wildman–Crippen LogP) is 6.84. The van der Waals surface area contributed by atoms with E-state index in [-0.39, 0.29) is 41.6 Å². The number of nitrogens with zero attached hydrogens (tertiary/aromatic N) is 3. The highest BCUT2D eigenvalue weighted by atomic mass is 35.5. The molecule has 3 unspecified atom stereocenters. The number of piperidine rings is 1. The van der Waals surface area contributed by atoms with Crippen molar-refractivity contribution in [2.75, 3.05) is 19.6 Å². The highest BCUT2D eigenvalue weighted by Gasteiger charge is 2.48. The fourth-order valence-electron chi connectivity index (χ4n) is 8.68. The Morgan fingerprint density at radius 2 is 1.44 bits per heavy atom. The molecule has 0 radical (unpaired) electrons. The van der Waals surface area contributed by atoms with Crippen molar-refractivity contribution in [3.8, 4) is 16.9 Å². The molecular formula is C40H45ClN4O4S. The number of hydrogen-bond donors (Lipinski definition) is 1. The lowest BCUT2D eigenvalue weighted by Gasteiger charge is -2.45. The van der Waals surface area contributed by atoms with Gasteiger partial charge in [-0.05, 0) is 115 Å². The molecule has 50 heavy (non-hydrogen) atoms. The van der Waals surface area contributed by atoms with E-state index in [9.17, 15) is 13.2 Å². The van der Waals surface area contributed by atoms with Crippen LogP contribution in [-0.4, -0.2) is 78.3 Å². The molecule has 3 heterocycles. The van der Waals surface area contributed by atoms with E-state index in [2.05, 4.69) is 29.2 Å². The first-order chi connectivity index (χ1) is 24.2. The van der Waals surface area contributed by atoms with Crippen molar-refractivity contribution in [2.24, 2.45) is 5.73 Å². The fraction of sp³-hybridized carbons (Fsp3) is 0.425. The zero-order valence-electron chi connectivity index (χ0n) is 28.3. The first-order valence-electron chi connectivity index (χ1n) is 18.1. The number of carbonyl (C=O) groups excluding carboxylic acids is 1. The monoisotopic (exact) mass is 712 g/mol. The van der Waals surface area contributed by atoms with Crippen molar-refractivity contribution in [2.45, 2.75) is 93.1 Å². The number of amides is 1. The Bertz CT molecular complexity index is 1950. The maximum atomic E-state index is 14.6. The second-order valence-corrected chi connectivity index (χ2v) is 17.0. The lowest BCUT2D eigenvalue weighted by Crippen LogP contribution is -2.63. The van der Waals surface area contributed by atoms with Crippen molar-refractivity contribution < 1.29 is 17.9 Å². The molecule has 1 aliphatic carbocycles. The second-order valence-electron chi connectivity index (χ2n) is 14.6. The van der Waals surface area contributed by atoms with Gasteiger partial charge in [0.25, 0.3) is 0 Å². The Balaban J connectivity index is 1.04. The summed E-state index contributed by atoms with van der Waals surface area (Å²) in [7, 11) is -3.98. The summed E-state index contributed by atoms with van der Waals surface area (Å²) in [5.41, 5.74) is 9.66. The Morgan fingerprint density at radius 3 is 2.14 bits per heavy atom. The third kappa shape index (κ3) is 6.78. The van der Waals surface area contributed by atoms with Crippen LogP contribution in [0.1, 0.15) is 56.9 Å². The van der Waals surface area contributed by atoms with Crippen LogP contribution in [-0.2, 0) is 21.4 Å². The zero-order chi connectivity index (χ0) is 34.4. The quantitative estimate of drug-likeness (QED) is 0.215. The number of ether oxygens (including phenoxy) is 1. The molecule has 8 rings (SSSR count). The second kappa shape index (κ2) is 13.9. The van der Waals surface area contributed by atoms with Crippen LogP contribution in [0.25, 0.3) is 21.9 Å². The topological polar surface area (TPSA) is 96.2 Å². The Labute approximate surface area is 300 Å². The van der Waals surface area contributed by atoms with E-state index >= 15 is 0 Å². The van der Waals surface area contributed by atoms with Crippen LogP contribution >= 0.6 is 11.6 Å². The molecule has 2 bridgehead atoms. The van der Waals surface area contributed by atoms with Gasteiger partial charge in [0.15, 0.2) is 0 Å². The molecule has 262 valence electrons.